The predicted octanol–water partition coefficient (Wildman–Crippen LogP) is 12.3. The van der Waals surface area contributed by atoms with Crippen molar-refractivity contribution in [2.24, 2.45) is 0 Å². The number of fused-ring (bicyclic) bond motifs is 6. The molecule has 0 N–H and O–H groups in total. The SMILES string of the molecule is CC1(C)c2cc(-c3ccc(-c4cc(-c5cccc6ncccc56)nc(-c5ccccc5)n4)c4ccccc34)ccc2-c2cc3ccccc3cc21. The summed E-state index contributed by atoms with van der Waals surface area (Å²) >= 11 is 0. The molecule has 0 fully saturated rings. The normalized spacial score (nSPS) is 13.1. The minimum atomic E-state index is -0.108. The second kappa shape index (κ2) is 11.3. The van der Waals surface area contributed by atoms with Crippen LogP contribution < -0.4 is 0 Å². The van der Waals surface area contributed by atoms with Crippen LogP contribution in [0, 0.1) is 0 Å². The van der Waals surface area contributed by atoms with E-state index in [0.29, 0.717) is 5.82 Å². The van der Waals surface area contributed by atoms with Crippen LogP contribution in [0.4, 0.5) is 0 Å². The van der Waals surface area contributed by atoms with Gasteiger partial charge in [-0.1, -0.05) is 135 Å². The summed E-state index contributed by atoms with van der Waals surface area (Å²) in [5.41, 5.74) is 13.6. The fourth-order valence-corrected chi connectivity index (χ4v) is 8.13. The van der Waals surface area contributed by atoms with E-state index >= 15 is 0 Å². The average molecular weight is 652 g/mol. The Balaban J connectivity index is 1.14. The van der Waals surface area contributed by atoms with Crippen LogP contribution in [0.25, 0.3) is 88.6 Å². The fraction of sp³-hybridized carbons (Fsp3) is 0.0625. The van der Waals surface area contributed by atoms with Crippen molar-refractivity contribution < 1.29 is 0 Å². The van der Waals surface area contributed by atoms with E-state index in [9.17, 15) is 0 Å². The smallest absolute Gasteiger partial charge is 0.160 e. The number of benzene rings is 7. The first-order valence-electron chi connectivity index (χ1n) is 17.5. The number of nitrogens with zero attached hydrogens (tertiary/aromatic N) is 3. The van der Waals surface area contributed by atoms with E-state index in [1.54, 1.807) is 0 Å². The Morgan fingerprint density at radius 2 is 1.04 bits per heavy atom. The van der Waals surface area contributed by atoms with Gasteiger partial charge in [0.2, 0.25) is 0 Å². The zero-order chi connectivity index (χ0) is 34.1. The zero-order valence-corrected chi connectivity index (χ0v) is 28.4. The van der Waals surface area contributed by atoms with Gasteiger partial charge in [-0.25, -0.2) is 9.97 Å². The first-order valence-corrected chi connectivity index (χ1v) is 17.5. The number of aromatic nitrogens is 3. The number of rotatable bonds is 4. The van der Waals surface area contributed by atoms with Gasteiger partial charge in [0.1, 0.15) is 0 Å². The Morgan fingerprint density at radius 3 is 1.84 bits per heavy atom. The van der Waals surface area contributed by atoms with Crippen LogP contribution in [0.5, 0.6) is 0 Å². The molecule has 0 bridgehead atoms. The van der Waals surface area contributed by atoms with Crippen LogP contribution in [0.15, 0.2) is 164 Å². The quantitative estimate of drug-likeness (QED) is 0.190. The van der Waals surface area contributed by atoms with Crippen molar-refractivity contribution in [1.29, 1.82) is 0 Å². The van der Waals surface area contributed by atoms with Crippen molar-refractivity contribution in [3.63, 3.8) is 0 Å². The molecule has 0 aliphatic heterocycles. The van der Waals surface area contributed by atoms with Crippen LogP contribution in [0.2, 0.25) is 0 Å². The second-order valence-electron chi connectivity index (χ2n) is 14.0. The van der Waals surface area contributed by atoms with Gasteiger partial charge in [0.05, 0.1) is 16.9 Å². The van der Waals surface area contributed by atoms with Gasteiger partial charge >= 0.3 is 0 Å². The van der Waals surface area contributed by atoms with E-state index in [1.165, 1.54) is 49.5 Å². The topological polar surface area (TPSA) is 38.7 Å². The summed E-state index contributed by atoms with van der Waals surface area (Å²) in [7, 11) is 0. The average Bonchev–Trinajstić information content (AvgIpc) is 3.40. The van der Waals surface area contributed by atoms with E-state index in [-0.39, 0.29) is 5.41 Å². The Morgan fingerprint density at radius 1 is 0.412 bits per heavy atom. The van der Waals surface area contributed by atoms with Crippen molar-refractivity contribution in [2.75, 3.05) is 0 Å². The van der Waals surface area contributed by atoms with Gasteiger partial charge < -0.3 is 0 Å². The minimum absolute atomic E-state index is 0.108. The van der Waals surface area contributed by atoms with Crippen LogP contribution >= 0.6 is 0 Å². The highest BCUT2D eigenvalue weighted by Crippen LogP contribution is 2.51. The van der Waals surface area contributed by atoms with Crippen molar-refractivity contribution >= 4 is 32.4 Å². The Kier molecular flexibility index (Phi) is 6.53. The molecule has 7 aromatic carbocycles. The first-order chi connectivity index (χ1) is 25.0. The summed E-state index contributed by atoms with van der Waals surface area (Å²) < 4.78 is 0. The van der Waals surface area contributed by atoms with Crippen molar-refractivity contribution in [3.05, 3.63) is 175 Å². The van der Waals surface area contributed by atoms with Crippen LogP contribution in [-0.4, -0.2) is 15.0 Å². The lowest BCUT2D eigenvalue weighted by molar-refractivity contribution is 0.661. The van der Waals surface area contributed by atoms with E-state index in [4.69, 9.17) is 9.97 Å². The second-order valence-corrected chi connectivity index (χ2v) is 14.0. The lowest BCUT2D eigenvalue weighted by atomic mass is 9.81. The fourth-order valence-electron chi connectivity index (χ4n) is 8.13. The van der Waals surface area contributed by atoms with Gasteiger partial charge in [-0.3, -0.25) is 4.98 Å². The van der Waals surface area contributed by atoms with E-state index in [1.807, 2.05) is 36.5 Å². The van der Waals surface area contributed by atoms with E-state index < -0.39 is 0 Å². The van der Waals surface area contributed by atoms with Crippen LogP contribution in [0.1, 0.15) is 25.0 Å². The summed E-state index contributed by atoms with van der Waals surface area (Å²) in [6.45, 7) is 4.72. The third-order valence-electron chi connectivity index (χ3n) is 10.7. The molecule has 0 atom stereocenters. The van der Waals surface area contributed by atoms with E-state index in [0.717, 1.165) is 44.4 Å². The van der Waals surface area contributed by atoms with Crippen LogP contribution in [-0.2, 0) is 5.41 Å². The molecule has 3 heteroatoms. The van der Waals surface area contributed by atoms with Crippen molar-refractivity contribution in [1.82, 2.24) is 15.0 Å². The zero-order valence-electron chi connectivity index (χ0n) is 28.4. The molecule has 1 aliphatic carbocycles. The highest BCUT2D eigenvalue weighted by atomic mass is 14.9. The largest absolute Gasteiger partial charge is 0.256 e. The lowest BCUT2D eigenvalue weighted by Crippen LogP contribution is -2.15. The molecule has 1 aliphatic rings. The molecule has 0 amide bonds. The summed E-state index contributed by atoms with van der Waals surface area (Å²) in [6, 6.07) is 56.4. The summed E-state index contributed by atoms with van der Waals surface area (Å²) in [4.78, 5) is 15.0. The van der Waals surface area contributed by atoms with Gasteiger partial charge in [-0.2, -0.15) is 0 Å². The van der Waals surface area contributed by atoms with E-state index in [2.05, 4.69) is 146 Å². The molecule has 3 nitrogen and oxygen atoms in total. The maximum Gasteiger partial charge on any atom is 0.160 e. The Hall–Kier alpha value is -6.45. The van der Waals surface area contributed by atoms with Gasteiger partial charge in [0.25, 0.3) is 0 Å². The molecule has 0 unspecified atom stereocenters. The van der Waals surface area contributed by atoms with Crippen molar-refractivity contribution in [2.45, 2.75) is 19.3 Å². The Bertz CT molecular complexity index is 2830. The molecule has 0 spiro atoms. The highest BCUT2D eigenvalue weighted by Gasteiger charge is 2.36. The van der Waals surface area contributed by atoms with Crippen molar-refractivity contribution in [3.8, 4) is 56.2 Å². The molecule has 51 heavy (non-hydrogen) atoms. The third kappa shape index (κ3) is 4.69. The van der Waals surface area contributed by atoms with Crippen LogP contribution in [0.3, 0.4) is 0 Å². The maximum atomic E-state index is 5.22. The third-order valence-corrected chi connectivity index (χ3v) is 10.7. The molecule has 2 aromatic heterocycles. The summed E-state index contributed by atoms with van der Waals surface area (Å²) in [5, 5.41) is 6.00. The molecule has 0 saturated carbocycles. The van der Waals surface area contributed by atoms with Gasteiger partial charge in [0, 0.05) is 33.7 Å². The molecule has 2 heterocycles. The first kappa shape index (κ1) is 29.5. The molecule has 0 saturated heterocycles. The maximum absolute atomic E-state index is 5.22. The van der Waals surface area contributed by atoms with Gasteiger partial charge in [-0.05, 0) is 91.3 Å². The lowest BCUT2D eigenvalue weighted by Gasteiger charge is -2.22. The summed E-state index contributed by atoms with van der Waals surface area (Å²) in [5.74, 6) is 0.699. The molecular weight excluding hydrogens is 619 g/mol. The number of pyridine rings is 1. The number of hydrogen-bond acceptors (Lipinski definition) is 3. The highest BCUT2D eigenvalue weighted by molar-refractivity contribution is 6.06. The predicted molar refractivity (Wildman–Crippen MR) is 212 cm³/mol. The monoisotopic (exact) mass is 651 g/mol. The molecular formula is C48H33N3. The standard InChI is InChI=1S/C48H33N3/c1-48(2)42-28-33(21-22-37(42)41-26-31-14-6-7-15-32(31)27-43(41)48)34-23-24-40(36-17-9-8-16-35(34)36)46-29-45(50-47(51-46)30-12-4-3-5-13-30)39-18-10-20-44-38(39)19-11-25-49-44/h3-29H,1-2H3. The summed E-state index contributed by atoms with van der Waals surface area (Å²) in [6.07, 6.45) is 1.84. The van der Waals surface area contributed by atoms with Gasteiger partial charge in [0.15, 0.2) is 5.82 Å². The molecule has 240 valence electrons. The molecule has 10 rings (SSSR count). The Labute approximate surface area is 297 Å². The molecule has 9 aromatic rings. The molecule has 0 radical (unpaired) electrons. The number of hydrogen-bond donors (Lipinski definition) is 0. The minimum Gasteiger partial charge on any atom is -0.256 e. The van der Waals surface area contributed by atoms with Gasteiger partial charge in [-0.15, -0.1) is 0 Å².